The number of hydrogen-bond acceptors (Lipinski definition) is 5. The number of nitrogens with zero attached hydrogens (tertiary/aromatic N) is 6. The van der Waals surface area contributed by atoms with Gasteiger partial charge in [0.25, 0.3) is 0 Å². The van der Waals surface area contributed by atoms with Gasteiger partial charge in [-0.05, 0) is 81.2 Å². The van der Waals surface area contributed by atoms with Crippen LogP contribution in [0.25, 0.3) is 17.2 Å². The molecule has 0 spiro atoms. The van der Waals surface area contributed by atoms with Crippen molar-refractivity contribution in [1.82, 2.24) is 29.5 Å². The summed E-state index contributed by atoms with van der Waals surface area (Å²) in [5.41, 5.74) is 6.89. The van der Waals surface area contributed by atoms with Gasteiger partial charge in [0.15, 0.2) is 0 Å². The van der Waals surface area contributed by atoms with E-state index < -0.39 is 6.04 Å². The number of amides is 2. The molecule has 2 aromatic heterocycles. The summed E-state index contributed by atoms with van der Waals surface area (Å²) in [4.78, 5) is 38.7. The zero-order chi connectivity index (χ0) is 31.9. The number of hydrogen-bond donors (Lipinski definition) is 0. The fraction of sp³-hybridized carbons (Fsp3) is 0.351. The Morgan fingerprint density at radius 1 is 0.911 bits per heavy atom. The molecule has 1 aliphatic rings. The molecule has 1 aliphatic heterocycles. The van der Waals surface area contributed by atoms with Crippen molar-refractivity contribution in [2.45, 2.75) is 51.7 Å². The second-order valence-corrected chi connectivity index (χ2v) is 12.2. The minimum Gasteiger partial charge on any atom is -0.341 e. The van der Waals surface area contributed by atoms with Gasteiger partial charge in [-0.15, -0.1) is 0 Å². The van der Waals surface area contributed by atoms with E-state index in [-0.39, 0.29) is 11.8 Å². The van der Waals surface area contributed by atoms with E-state index in [1.165, 1.54) is 0 Å². The summed E-state index contributed by atoms with van der Waals surface area (Å²) in [5, 5.41) is 4.51. The van der Waals surface area contributed by atoms with Gasteiger partial charge in [-0.3, -0.25) is 19.3 Å². The Morgan fingerprint density at radius 2 is 1.56 bits per heavy atom. The fourth-order valence-electron chi connectivity index (χ4n) is 6.15. The molecule has 8 nitrogen and oxygen atoms in total. The Bertz CT molecular complexity index is 1600. The maximum absolute atomic E-state index is 14.4. The van der Waals surface area contributed by atoms with Crippen LogP contribution in [0.15, 0.2) is 85.2 Å². The normalized spacial score (nSPS) is 14.7. The molecule has 234 valence electrons. The highest BCUT2D eigenvalue weighted by Gasteiger charge is 2.34. The van der Waals surface area contributed by atoms with E-state index in [1.807, 2.05) is 91.2 Å². The summed E-state index contributed by atoms with van der Waals surface area (Å²) in [7, 11) is 6.09. The molecular formula is C37H44N6O2. The summed E-state index contributed by atoms with van der Waals surface area (Å²) in [6.07, 6.45) is 9.28. The van der Waals surface area contributed by atoms with Crippen LogP contribution in [0.1, 0.15) is 40.9 Å². The Balaban J connectivity index is 1.49. The van der Waals surface area contributed by atoms with Gasteiger partial charge >= 0.3 is 0 Å². The molecule has 1 fully saturated rings. The molecule has 4 aromatic rings. The standard InChI is InChI=1S/C37H44N6O2/c1-27-34(28(2)41(5)39-27)15-16-36(44)43(26-30-11-13-31(14-12-30)32-17-21-38-22-18-32)35(25-29-9-7-6-8-10-29)37(45)42-23-19-33(20-24-42)40(3)4/h6-18,21-22,33,35H,19-20,23-26H2,1-5H3. The lowest BCUT2D eigenvalue weighted by atomic mass is 9.98. The summed E-state index contributed by atoms with van der Waals surface area (Å²) in [6, 6.07) is 22.0. The quantitative estimate of drug-likeness (QED) is 0.230. The number of aromatic nitrogens is 3. The van der Waals surface area contributed by atoms with Gasteiger partial charge in [0.1, 0.15) is 6.04 Å². The summed E-state index contributed by atoms with van der Waals surface area (Å²) < 4.78 is 1.82. The lowest BCUT2D eigenvalue weighted by molar-refractivity contribution is -0.145. The minimum atomic E-state index is -0.656. The van der Waals surface area contributed by atoms with E-state index in [4.69, 9.17) is 0 Å². The van der Waals surface area contributed by atoms with Crippen molar-refractivity contribution < 1.29 is 9.59 Å². The maximum atomic E-state index is 14.4. The molecule has 0 radical (unpaired) electrons. The van der Waals surface area contributed by atoms with Gasteiger partial charge in [0, 0.05) is 68.9 Å². The second-order valence-electron chi connectivity index (χ2n) is 12.2. The average Bonchev–Trinajstić information content (AvgIpc) is 3.31. The van der Waals surface area contributed by atoms with Gasteiger partial charge in [-0.25, -0.2) is 0 Å². The number of likely N-dealkylation sites (tertiary alicyclic amines) is 1. The Morgan fingerprint density at radius 3 is 2.16 bits per heavy atom. The van der Waals surface area contributed by atoms with E-state index >= 15 is 0 Å². The zero-order valence-electron chi connectivity index (χ0n) is 27.1. The first kappa shape index (κ1) is 31.9. The molecule has 2 aromatic carbocycles. The zero-order valence-corrected chi connectivity index (χ0v) is 27.1. The maximum Gasteiger partial charge on any atom is 0.247 e. The first-order valence-electron chi connectivity index (χ1n) is 15.7. The van der Waals surface area contributed by atoms with E-state index in [1.54, 1.807) is 23.4 Å². The van der Waals surface area contributed by atoms with Crippen LogP contribution in [0.2, 0.25) is 0 Å². The molecule has 45 heavy (non-hydrogen) atoms. The van der Waals surface area contributed by atoms with E-state index in [0.717, 1.165) is 52.0 Å². The highest BCUT2D eigenvalue weighted by atomic mass is 16.2. The fourth-order valence-corrected chi connectivity index (χ4v) is 6.15. The number of benzene rings is 2. The number of rotatable bonds is 10. The summed E-state index contributed by atoms with van der Waals surface area (Å²) in [5.74, 6) is -0.201. The Kier molecular flexibility index (Phi) is 10.2. The largest absolute Gasteiger partial charge is 0.341 e. The third-order valence-electron chi connectivity index (χ3n) is 9.00. The highest BCUT2D eigenvalue weighted by molar-refractivity contribution is 5.96. The highest BCUT2D eigenvalue weighted by Crippen LogP contribution is 2.24. The Labute approximate surface area is 267 Å². The molecule has 0 bridgehead atoms. The number of pyridine rings is 1. The van der Waals surface area contributed by atoms with Crippen molar-refractivity contribution in [3.8, 4) is 11.1 Å². The van der Waals surface area contributed by atoms with Crippen LogP contribution in [-0.4, -0.2) is 80.5 Å². The molecule has 0 N–H and O–H groups in total. The third-order valence-corrected chi connectivity index (χ3v) is 9.00. The molecule has 1 atom stereocenters. The lowest BCUT2D eigenvalue weighted by Gasteiger charge is -2.39. The molecule has 3 heterocycles. The number of aryl methyl sites for hydroxylation is 2. The van der Waals surface area contributed by atoms with Crippen LogP contribution < -0.4 is 0 Å². The molecule has 1 unspecified atom stereocenters. The molecule has 1 saturated heterocycles. The smallest absolute Gasteiger partial charge is 0.247 e. The average molecular weight is 605 g/mol. The first-order valence-corrected chi connectivity index (χ1v) is 15.7. The van der Waals surface area contributed by atoms with Gasteiger partial charge < -0.3 is 14.7 Å². The van der Waals surface area contributed by atoms with Gasteiger partial charge in [-0.2, -0.15) is 5.10 Å². The van der Waals surface area contributed by atoms with E-state index in [9.17, 15) is 9.59 Å². The van der Waals surface area contributed by atoms with Gasteiger partial charge in [-0.1, -0.05) is 54.6 Å². The molecule has 0 saturated carbocycles. The monoisotopic (exact) mass is 604 g/mol. The van der Waals surface area contributed by atoms with Gasteiger partial charge in [0.05, 0.1) is 5.69 Å². The van der Waals surface area contributed by atoms with Gasteiger partial charge in [0.2, 0.25) is 11.8 Å². The molecule has 2 amide bonds. The number of piperidine rings is 1. The topological polar surface area (TPSA) is 74.6 Å². The first-order chi connectivity index (χ1) is 21.7. The van der Waals surface area contributed by atoms with Crippen LogP contribution in [-0.2, 0) is 29.6 Å². The van der Waals surface area contributed by atoms with Crippen molar-refractivity contribution in [3.63, 3.8) is 0 Å². The minimum absolute atomic E-state index is 0.0000428. The summed E-state index contributed by atoms with van der Waals surface area (Å²) in [6.45, 7) is 5.60. The van der Waals surface area contributed by atoms with Crippen LogP contribution in [0.5, 0.6) is 0 Å². The molecule has 0 aliphatic carbocycles. The molecule has 8 heteroatoms. The van der Waals surface area contributed by atoms with Crippen molar-refractivity contribution in [2.75, 3.05) is 27.2 Å². The third kappa shape index (κ3) is 7.75. The van der Waals surface area contributed by atoms with Crippen molar-refractivity contribution in [2.24, 2.45) is 7.05 Å². The van der Waals surface area contributed by atoms with Crippen LogP contribution in [0, 0.1) is 13.8 Å². The van der Waals surface area contributed by atoms with Crippen molar-refractivity contribution in [1.29, 1.82) is 0 Å². The molecular weight excluding hydrogens is 560 g/mol. The number of carbonyl (C=O) groups is 2. The van der Waals surface area contributed by atoms with E-state index in [2.05, 4.69) is 41.2 Å². The van der Waals surface area contributed by atoms with Crippen LogP contribution in [0.3, 0.4) is 0 Å². The molecule has 5 rings (SSSR count). The van der Waals surface area contributed by atoms with Crippen LogP contribution >= 0.6 is 0 Å². The number of carbonyl (C=O) groups excluding carboxylic acids is 2. The lowest BCUT2D eigenvalue weighted by Crippen LogP contribution is -2.54. The summed E-state index contributed by atoms with van der Waals surface area (Å²) >= 11 is 0. The second kappa shape index (κ2) is 14.5. The van der Waals surface area contributed by atoms with E-state index in [0.29, 0.717) is 32.1 Å². The predicted octanol–water partition coefficient (Wildman–Crippen LogP) is 5.30. The predicted molar refractivity (Wildman–Crippen MR) is 179 cm³/mol. The SMILES string of the molecule is Cc1nn(C)c(C)c1C=CC(=O)N(Cc1ccc(-c2ccncc2)cc1)C(Cc1ccccc1)C(=O)N1CCC(N(C)C)CC1. The van der Waals surface area contributed by atoms with Crippen molar-refractivity contribution in [3.05, 3.63) is 113 Å². The van der Waals surface area contributed by atoms with Crippen LogP contribution in [0.4, 0.5) is 0 Å². The Hall–Kier alpha value is -4.56. The van der Waals surface area contributed by atoms with Crippen molar-refractivity contribution >= 4 is 17.9 Å².